The number of carbonyl (C=O) groups excluding carboxylic acids is 1. The molecule has 1 fully saturated rings. The van der Waals surface area contributed by atoms with Crippen molar-refractivity contribution in [2.75, 3.05) is 26.7 Å². The van der Waals surface area contributed by atoms with Crippen molar-refractivity contribution in [3.05, 3.63) is 28.5 Å². The van der Waals surface area contributed by atoms with Gasteiger partial charge in [-0.1, -0.05) is 0 Å². The minimum atomic E-state index is 0.0895. The highest BCUT2D eigenvalue weighted by Crippen LogP contribution is 2.19. The number of likely N-dealkylation sites (tertiary alicyclic amines) is 1. The first-order chi connectivity index (χ1) is 8.70. The van der Waals surface area contributed by atoms with Crippen LogP contribution >= 0.6 is 15.9 Å². The van der Waals surface area contributed by atoms with E-state index in [1.54, 1.807) is 12.4 Å². The maximum absolute atomic E-state index is 12.3. The van der Waals surface area contributed by atoms with E-state index in [9.17, 15) is 4.79 Å². The lowest BCUT2D eigenvalue weighted by Gasteiger charge is -2.32. The van der Waals surface area contributed by atoms with Crippen molar-refractivity contribution in [2.24, 2.45) is 5.92 Å². The van der Waals surface area contributed by atoms with Crippen LogP contribution in [0.15, 0.2) is 22.9 Å². The van der Waals surface area contributed by atoms with E-state index in [1.807, 2.05) is 18.0 Å². The molecule has 4 nitrogen and oxygen atoms in total. The molecule has 0 aromatic carbocycles. The van der Waals surface area contributed by atoms with Gasteiger partial charge in [0.1, 0.15) is 0 Å². The van der Waals surface area contributed by atoms with Crippen LogP contribution in [0.5, 0.6) is 0 Å². The Morgan fingerprint density at radius 1 is 1.50 bits per heavy atom. The fourth-order valence-electron chi connectivity index (χ4n) is 2.34. The molecule has 1 N–H and O–H groups in total. The Labute approximate surface area is 116 Å². The van der Waals surface area contributed by atoms with Crippen LogP contribution in [0.25, 0.3) is 0 Å². The van der Waals surface area contributed by atoms with Gasteiger partial charge in [0.15, 0.2) is 0 Å². The summed E-state index contributed by atoms with van der Waals surface area (Å²) >= 11 is 3.34. The van der Waals surface area contributed by atoms with E-state index >= 15 is 0 Å². The molecule has 5 heteroatoms. The number of pyridine rings is 1. The summed E-state index contributed by atoms with van der Waals surface area (Å²) in [4.78, 5) is 18.2. The fraction of sp³-hybridized carbons (Fsp3) is 0.538. The number of hydrogen-bond acceptors (Lipinski definition) is 3. The first-order valence-electron chi connectivity index (χ1n) is 6.25. The molecule has 0 spiro atoms. The van der Waals surface area contributed by atoms with E-state index in [-0.39, 0.29) is 5.91 Å². The van der Waals surface area contributed by atoms with Gasteiger partial charge < -0.3 is 10.2 Å². The second-order valence-corrected chi connectivity index (χ2v) is 5.60. The lowest BCUT2D eigenvalue weighted by atomic mass is 9.96. The topological polar surface area (TPSA) is 45.2 Å². The monoisotopic (exact) mass is 311 g/mol. The Balaban J connectivity index is 1.95. The summed E-state index contributed by atoms with van der Waals surface area (Å²) in [6.45, 7) is 2.73. The fourth-order valence-corrected chi connectivity index (χ4v) is 2.71. The van der Waals surface area contributed by atoms with E-state index in [2.05, 4.69) is 26.2 Å². The lowest BCUT2D eigenvalue weighted by molar-refractivity contribution is 0.0690. The molecule has 98 valence electrons. The molecular weight excluding hydrogens is 294 g/mol. The Hall–Kier alpha value is -0.940. The molecule has 1 amide bonds. The molecule has 1 aliphatic rings. The number of carbonyl (C=O) groups is 1. The summed E-state index contributed by atoms with van der Waals surface area (Å²) in [5.74, 6) is 0.784. The van der Waals surface area contributed by atoms with Crippen molar-refractivity contribution in [3.8, 4) is 0 Å². The van der Waals surface area contributed by atoms with Gasteiger partial charge in [-0.3, -0.25) is 9.78 Å². The number of aromatic nitrogens is 1. The van der Waals surface area contributed by atoms with E-state index in [1.165, 1.54) is 0 Å². The molecule has 1 aromatic heterocycles. The van der Waals surface area contributed by atoms with Gasteiger partial charge in [0.2, 0.25) is 0 Å². The summed E-state index contributed by atoms with van der Waals surface area (Å²) in [6.07, 6.45) is 5.48. The summed E-state index contributed by atoms with van der Waals surface area (Å²) in [6, 6.07) is 1.83. The number of nitrogens with one attached hydrogen (secondary N) is 1. The Kier molecular flexibility index (Phi) is 4.72. The van der Waals surface area contributed by atoms with Gasteiger partial charge in [0.05, 0.1) is 5.56 Å². The van der Waals surface area contributed by atoms with Crippen LogP contribution in [0.4, 0.5) is 0 Å². The molecule has 18 heavy (non-hydrogen) atoms. The number of halogens is 1. The van der Waals surface area contributed by atoms with E-state index in [4.69, 9.17) is 0 Å². The van der Waals surface area contributed by atoms with Crippen LogP contribution in [0, 0.1) is 5.92 Å². The van der Waals surface area contributed by atoms with Gasteiger partial charge in [0, 0.05) is 30.0 Å². The van der Waals surface area contributed by atoms with Crippen molar-refractivity contribution in [1.82, 2.24) is 15.2 Å². The first-order valence-corrected chi connectivity index (χ1v) is 7.04. The average Bonchev–Trinajstić information content (AvgIpc) is 2.39. The third kappa shape index (κ3) is 3.29. The summed E-state index contributed by atoms with van der Waals surface area (Å²) in [5, 5.41) is 3.20. The van der Waals surface area contributed by atoms with Crippen molar-refractivity contribution in [1.29, 1.82) is 0 Å². The van der Waals surface area contributed by atoms with E-state index < -0.39 is 0 Å². The summed E-state index contributed by atoms with van der Waals surface area (Å²) in [7, 11) is 1.98. The first kappa shape index (κ1) is 13.5. The molecule has 2 heterocycles. The quantitative estimate of drug-likeness (QED) is 0.927. The molecule has 0 aliphatic carbocycles. The predicted octanol–water partition coefficient (Wildman–Crippen LogP) is 1.92. The minimum Gasteiger partial charge on any atom is -0.339 e. The van der Waals surface area contributed by atoms with Gasteiger partial charge in [-0.2, -0.15) is 0 Å². The molecule has 1 aliphatic heterocycles. The maximum atomic E-state index is 12.3. The number of amides is 1. The molecule has 0 atom stereocenters. The lowest BCUT2D eigenvalue weighted by Crippen LogP contribution is -2.40. The average molecular weight is 312 g/mol. The number of piperidine rings is 1. The zero-order valence-electron chi connectivity index (χ0n) is 10.5. The molecule has 2 rings (SSSR count). The molecule has 0 saturated carbocycles. The van der Waals surface area contributed by atoms with Gasteiger partial charge in [-0.05, 0) is 54.3 Å². The maximum Gasteiger partial charge on any atom is 0.255 e. The molecule has 1 saturated heterocycles. The zero-order valence-corrected chi connectivity index (χ0v) is 12.1. The number of hydrogen-bond donors (Lipinski definition) is 1. The Morgan fingerprint density at radius 2 is 2.22 bits per heavy atom. The molecule has 1 aromatic rings. The van der Waals surface area contributed by atoms with Crippen LogP contribution < -0.4 is 5.32 Å². The highest BCUT2D eigenvalue weighted by molar-refractivity contribution is 9.10. The third-order valence-corrected chi connectivity index (χ3v) is 3.78. The van der Waals surface area contributed by atoms with Crippen LogP contribution in [0.2, 0.25) is 0 Å². The van der Waals surface area contributed by atoms with Gasteiger partial charge >= 0.3 is 0 Å². The zero-order chi connectivity index (χ0) is 13.0. The Bertz CT molecular complexity index is 416. The summed E-state index contributed by atoms with van der Waals surface area (Å²) < 4.78 is 0.846. The molecule has 0 unspecified atom stereocenters. The smallest absolute Gasteiger partial charge is 0.255 e. The normalized spacial score (nSPS) is 16.9. The van der Waals surface area contributed by atoms with Crippen LogP contribution in [0.3, 0.4) is 0 Å². The van der Waals surface area contributed by atoms with Crippen molar-refractivity contribution in [2.45, 2.75) is 12.8 Å². The van der Waals surface area contributed by atoms with E-state index in [0.717, 1.165) is 36.9 Å². The SMILES string of the molecule is CNCC1CCN(C(=O)c2cncc(Br)c2)CC1. The van der Waals surface area contributed by atoms with Crippen LogP contribution in [0.1, 0.15) is 23.2 Å². The highest BCUT2D eigenvalue weighted by atomic mass is 79.9. The Morgan fingerprint density at radius 3 is 2.83 bits per heavy atom. The second-order valence-electron chi connectivity index (χ2n) is 4.69. The van der Waals surface area contributed by atoms with E-state index in [0.29, 0.717) is 11.5 Å². The van der Waals surface area contributed by atoms with Crippen LogP contribution in [-0.2, 0) is 0 Å². The third-order valence-electron chi connectivity index (χ3n) is 3.35. The van der Waals surface area contributed by atoms with Gasteiger partial charge in [0.25, 0.3) is 5.91 Å². The van der Waals surface area contributed by atoms with Crippen molar-refractivity contribution >= 4 is 21.8 Å². The standard InChI is InChI=1S/C13H18BrN3O/c1-15-7-10-2-4-17(5-3-10)13(18)11-6-12(14)9-16-8-11/h6,8-10,15H,2-5,7H2,1H3. The largest absolute Gasteiger partial charge is 0.339 e. The van der Waals surface area contributed by atoms with Crippen LogP contribution in [-0.4, -0.2) is 42.5 Å². The highest BCUT2D eigenvalue weighted by Gasteiger charge is 2.23. The number of rotatable bonds is 3. The minimum absolute atomic E-state index is 0.0895. The van der Waals surface area contributed by atoms with Crippen molar-refractivity contribution < 1.29 is 4.79 Å². The molecule has 0 radical (unpaired) electrons. The summed E-state index contributed by atoms with van der Waals surface area (Å²) in [5.41, 5.74) is 0.663. The molecule has 0 bridgehead atoms. The van der Waals surface area contributed by atoms with Gasteiger partial charge in [-0.25, -0.2) is 0 Å². The van der Waals surface area contributed by atoms with Crippen molar-refractivity contribution in [3.63, 3.8) is 0 Å². The number of nitrogens with zero attached hydrogens (tertiary/aromatic N) is 2. The molecular formula is C13H18BrN3O. The second kappa shape index (κ2) is 6.29. The van der Waals surface area contributed by atoms with Gasteiger partial charge in [-0.15, -0.1) is 0 Å². The predicted molar refractivity (Wildman–Crippen MR) is 74.5 cm³/mol.